The zero-order valence-electron chi connectivity index (χ0n) is 10.5. The molecule has 0 bridgehead atoms. The van der Waals surface area contributed by atoms with Crippen LogP contribution in [0.2, 0.25) is 0 Å². The Morgan fingerprint density at radius 1 is 1.56 bits per heavy atom. The molecule has 0 saturated carbocycles. The fraction of sp³-hybridized carbons (Fsp3) is 0.455. The summed E-state index contributed by atoms with van der Waals surface area (Å²) in [6, 6.07) is 0.679. The van der Waals surface area contributed by atoms with Gasteiger partial charge in [-0.2, -0.15) is 0 Å². The van der Waals surface area contributed by atoms with Gasteiger partial charge in [-0.3, -0.25) is 4.79 Å². The zero-order valence-corrected chi connectivity index (χ0v) is 10.5. The normalized spacial score (nSPS) is 12.1. The number of rotatable bonds is 4. The lowest BCUT2D eigenvalue weighted by Crippen LogP contribution is -2.35. The zero-order chi connectivity index (χ0) is 13.9. The van der Waals surface area contributed by atoms with Gasteiger partial charge < -0.3 is 16.0 Å². The van der Waals surface area contributed by atoms with Crippen LogP contribution in [0.5, 0.6) is 0 Å². The highest BCUT2D eigenvalue weighted by Gasteiger charge is 2.18. The van der Waals surface area contributed by atoms with Gasteiger partial charge in [0.25, 0.3) is 0 Å². The lowest BCUT2D eigenvalue weighted by molar-refractivity contribution is -0.123. The highest BCUT2D eigenvalue weighted by Crippen LogP contribution is 2.20. The summed E-state index contributed by atoms with van der Waals surface area (Å²) in [7, 11) is 3.08. The molecule has 1 heterocycles. The predicted molar refractivity (Wildman–Crippen MR) is 65.1 cm³/mol. The fourth-order valence-corrected chi connectivity index (χ4v) is 1.56. The highest BCUT2D eigenvalue weighted by atomic mass is 19.1. The molecule has 0 aromatic carbocycles. The van der Waals surface area contributed by atoms with Crippen LogP contribution in [0, 0.1) is 17.6 Å². The molecule has 0 aliphatic heterocycles. The minimum Gasteiger partial charge on any atom is -0.381 e. The second-order valence-electron chi connectivity index (χ2n) is 4.06. The van der Waals surface area contributed by atoms with Crippen LogP contribution in [0.3, 0.4) is 0 Å². The molecule has 0 aliphatic carbocycles. The molecule has 1 atom stereocenters. The number of anilines is 2. The molecule has 1 rings (SSSR count). The number of nitrogens with one attached hydrogen (secondary N) is 1. The number of nitrogens with zero attached hydrogens (tertiary/aromatic N) is 2. The van der Waals surface area contributed by atoms with Crippen LogP contribution in [-0.4, -0.2) is 31.5 Å². The maximum atomic E-state index is 13.5. The maximum absolute atomic E-state index is 13.5. The Hall–Kier alpha value is -1.92. The summed E-state index contributed by atoms with van der Waals surface area (Å²) >= 11 is 0. The van der Waals surface area contributed by atoms with Crippen LogP contribution in [0.25, 0.3) is 0 Å². The first kappa shape index (κ1) is 14.1. The fourth-order valence-electron chi connectivity index (χ4n) is 1.56. The molecule has 5 nitrogen and oxygen atoms in total. The van der Waals surface area contributed by atoms with Crippen molar-refractivity contribution in [3.63, 3.8) is 0 Å². The molecular formula is C11H16F2N4O. The predicted octanol–water partition coefficient (Wildman–Crippen LogP) is 0.760. The molecule has 1 aromatic heterocycles. The van der Waals surface area contributed by atoms with E-state index in [0.717, 1.165) is 0 Å². The van der Waals surface area contributed by atoms with E-state index >= 15 is 0 Å². The second-order valence-corrected chi connectivity index (χ2v) is 4.06. The van der Waals surface area contributed by atoms with Gasteiger partial charge in [0.05, 0.1) is 5.92 Å². The van der Waals surface area contributed by atoms with Crippen molar-refractivity contribution < 1.29 is 13.6 Å². The average molecular weight is 258 g/mol. The number of pyridine rings is 1. The molecule has 3 N–H and O–H groups in total. The van der Waals surface area contributed by atoms with Gasteiger partial charge in [-0.1, -0.05) is 6.92 Å². The van der Waals surface area contributed by atoms with Crippen molar-refractivity contribution in [1.82, 2.24) is 10.3 Å². The van der Waals surface area contributed by atoms with Crippen molar-refractivity contribution in [2.24, 2.45) is 5.92 Å². The smallest absolute Gasteiger partial charge is 0.224 e. The first-order chi connectivity index (χ1) is 8.36. The van der Waals surface area contributed by atoms with Crippen molar-refractivity contribution in [3.05, 3.63) is 17.7 Å². The molecule has 1 amide bonds. The monoisotopic (exact) mass is 258 g/mol. The summed E-state index contributed by atoms with van der Waals surface area (Å²) in [6.07, 6.45) is 0. The second kappa shape index (κ2) is 5.61. The first-order valence-electron chi connectivity index (χ1n) is 5.41. The van der Waals surface area contributed by atoms with Gasteiger partial charge in [-0.25, -0.2) is 13.8 Å². The van der Waals surface area contributed by atoms with Crippen molar-refractivity contribution in [1.29, 1.82) is 0 Å². The topological polar surface area (TPSA) is 71.2 Å². The first-order valence-corrected chi connectivity index (χ1v) is 5.41. The number of carbonyl (C=O) groups is 1. The molecule has 1 unspecified atom stereocenters. The summed E-state index contributed by atoms with van der Waals surface area (Å²) < 4.78 is 26.5. The van der Waals surface area contributed by atoms with Crippen LogP contribution in [-0.2, 0) is 4.79 Å². The van der Waals surface area contributed by atoms with Crippen LogP contribution in [0.4, 0.5) is 20.4 Å². The molecule has 0 aliphatic rings. The largest absolute Gasteiger partial charge is 0.381 e. The quantitative estimate of drug-likeness (QED) is 0.836. The van der Waals surface area contributed by atoms with Crippen LogP contribution in [0.15, 0.2) is 6.07 Å². The molecule has 7 heteroatoms. The molecule has 0 spiro atoms. The van der Waals surface area contributed by atoms with E-state index in [0.29, 0.717) is 6.07 Å². The average Bonchev–Trinajstić information content (AvgIpc) is 2.32. The van der Waals surface area contributed by atoms with E-state index in [-0.39, 0.29) is 30.0 Å². The molecular weight excluding hydrogens is 242 g/mol. The van der Waals surface area contributed by atoms with E-state index in [9.17, 15) is 13.6 Å². The molecule has 0 saturated heterocycles. The third kappa shape index (κ3) is 3.06. The number of carbonyl (C=O) groups excluding carboxylic acids is 1. The Morgan fingerprint density at radius 3 is 2.72 bits per heavy atom. The van der Waals surface area contributed by atoms with Crippen molar-refractivity contribution in [2.45, 2.75) is 6.92 Å². The summed E-state index contributed by atoms with van der Waals surface area (Å²) in [5.41, 5.74) is 5.29. The third-order valence-electron chi connectivity index (χ3n) is 2.54. The number of amides is 1. The van der Waals surface area contributed by atoms with Crippen molar-refractivity contribution >= 4 is 17.5 Å². The number of nitrogens with two attached hydrogens (primary N) is 1. The van der Waals surface area contributed by atoms with Crippen LogP contribution in [0.1, 0.15) is 6.92 Å². The van der Waals surface area contributed by atoms with E-state index in [1.54, 1.807) is 14.0 Å². The van der Waals surface area contributed by atoms with Gasteiger partial charge in [0.2, 0.25) is 5.91 Å². The van der Waals surface area contributed by atoms with Gasteiger partial charge in [-0.05, 0) is 0 Å². The van der Waals surface area contributed by atoms with Gasteiger partial charge in [0.15, 0.2) is 23.3 Å². The summed E-state index contributed by atoms with van der Waals surface area (Å²) in [4.78, 5) is 16.4. The molecule has 100 valence electrons. The minimum atomic E-state index is -0.899. The Balaban J connectivity index is 2.87. The molecule has 18 heavy (non-hydrogen) atoms. The number of nitrogen functional groups attached to an aromatic ring is 1. The lowest BCUT2D eigenvalue weighted by Gasteiger charge is -2.22. The SMILES string of the molecule is CNC(=O)C(C)CN(C)c1nc(N)c(F)cc1F. The Morgan fingerprint density at radius 2 is 2.17 bits per heavy atom. The lowest BCUT2D eigenvalue weighted by atomic mass is 10.1. The Kier molecular flexibility index (Phi) is 4.41. The Bertz CT molecular complexity index is 453. The van der Waals surface area contributed by atoms with Crippen LogP contribution < -0.4 is 16.0 Å². The van der Waals surface area contributed by atoms with E-state index in [1.165, 1.54) is 11.9 Å². The van der Waals surface area contributed by atoms with E-state index < -0.39 is 11.6 Å². The summed E-state index contributed by atoms with van der Waals surface area (Å²) in [5.74, 6) is -2.68. The van der Waals surface area contributed by atoms with Crippen LogP contribution >= 0.6 is 0 Å². The molecule has 0 fully saturated rings. The van der Waals surface area contributed by atoms with Crippen molar-refractivity contribution in [2.75, 3.05) is 31.3 Å². The number of aromatic nitrogens is 1. The number of halogens is 2. The minimum absolute atomic E-state index is 0.0790. The van der Waals surface area contributed by atoms with Gasteiger partial charge in [0, 0.05) is 26.7 Å². The maximum Gasteiger partial charge on any atom is 0.224 e. The van der Waals surface area contributed by atoms with Gasteiger partial charge in [-0.15, -0.1) is 0 Å². The summed E-state index contributed by atoms with van der Waals surface area (Å²) in [5, 5.41) is 2.49. The highest BCUT2D eigenvalue weighted by molar-refractivity contribution is 5.78. The molecule has 1 aromatic rings. The third-order valence-corrected chi connectivity index (χ3v) is 2.54. The molecule has 0 radical (unpaired) electrons. The van der Waals surface area contributed by atoms with E-state index in [2.05, 4.69) is 10.3 Å². The van der Waals surface area contributed by atoms with E-state index in [4.69, 9.17) is 5.73 Å². The van der Waals surface area contributed by atoms with Gasteiger partial charge in [0.1, 0.15) is 0 Å². The number of hydrogen-bond donors (Lipinski definition) is 2. The Labute approximate surface area is 104 Å². The van der Waals surface area contributed by atoms with Gasteiger partial charge >= 0.3 is 0 Å². The standard InChI is InChI=1S/C11H16F2N4O/c1-6(11(18)15-2)5-17(3)10-8(13)4-7(12)9(14)16-10/h4,6H,5H2,1-3H3,(H2,14,16)(H,15,18). The van der Waals surface area contributed by atoms with Crippen molar-refractivity contribution in [3.8, 4) is 0 Å². The number of hydrogen-bond acceptors (Lipinski definition) is 4. The summed E-state index contributed by atoms with van der Waals surface area (Å²) in [6.45, 7) is 1.94. The van der Waals surface area contributed by atoms with E-state index in [1.807, 2.05) is 0 Å².